The third-order valence-corrected chi connectivity index (χ3v) is 5.22. The van der Waals surface area contributed by atoms with Crippen molar-refractivity contribution in [3.8, 4) is 11.5 Å². The number of anilines is 1. The summed E-state index contributed by atoms with van der Waals surface area (Å²) in [7, 11) is 1.50. The van der Waals surface area contributed by atoms with Crippen LogP contribution in [0.25, 0.3) is 0 Å². The summed E-state index contributed by atoms with van der Waals surface area (Å²) >= 11 is 0. The number of carbonyl (C=O) groups excluding carboxylic acids is 1. The van der Waals surface area contributed by atoms with E-state index in [9.17, 15) is 10.0 Å². The summed E-state index contributed by atoms with van der Waals surface area (Å²) in [4.78, 5) is 17.9. The second-order valence-corrected chi connectivity index (χ2v) is 7.83. The molecule has 0 aliphatic rings. The Kier molecular flexibility index (Phi) is 8.53. The minimum absolute atomic E-state index is 0.0916. The number of hydrogen-bond donors (Lipinski definition) is 4. The normalized spacial score (nSPS) is 12.1. The Labute approximate surface area is 203 Å². The van der Waals surface area contributed by atoms with E-state index in [1.807, 2.05) is 26.0 Å². The zero-order valence-electron chi connectivity index (χ0n) is 19.8. The van der Waals surface area contributed by atoms with Crippen LogP contribution in [0.4, 0.5) is 5.69 Å². The highest BCUT2D eigenvalue weighted by Gasteiger charge is 2.29. The molecule has 0 bridgehead atoms. The minimum atomic E-state index is -1.02. The number of aliphatic hydroxyl groups excluding tert-OH is 1. The van der Waals surface area contributed by atoms with Crippen molar-refractivity contribution in [3.63, 3.8) is 0 Å². The molecule has 0 aliphatic heterocycles. The second kappa shape index (κ2) is 11.8. The molecule has 1 aromatic heterocycles. The lowest BCUT2D eigenvalue weighted by Gasteiger charge is -2.21. The summed E-state index contributed by atoms with van der Waals surface area (Å²) in [6.07, 6.45) is 1.56. The van der Waals surface area contributed by atoms with Crippen molar-refractivity contribution < 1.29 is 24.6 Å². The fraction of sp³-hybridized carbons (Fsp3) is 0.231. The van der Waals surface area contributed by atoms with Crippen molar-refractivity contribution in [3.05, 3.63) is 83.2 Å². The van der Waals surface area contributed by atoms with Gasteiger partial charge in [0.25, 0.3) is 0 Å². The molecule has 1 heterocycles. The fourth-order valence-corrected chi connectivity index (χ4v) is 3.36. The third kappa shape index (κ3) is 6.42. The maximum absolute atomic E-state index is 13.6. The second-order valence-electron chi connectivity index (χ2n) is 7.83. The van der Waals surface area contributed by atoms with Crippen LogP contribution in [0.2, 0.25) is 0 Å². The van der Waals surface area contributed by atoms with Gasteiger partial charge in [-0.3, -0.25) is 15.2 Å². The van der Waals surface area contributed by atoms with Crippen molar-refractivity contribution in [1.82, 2.24) is 4.98 Å². The van der Waals surface area contributed by atoms with Crippen LogP contribution < -0.4 is 14.8 Å². The number of ether oxygens (including phenoxy) is 2. The third-order valence-electron chi connectivity index (χ3n) is 5.22. The van der Waals surface area contributed by atoms with Gasteiger partial charge in [-0.25, -0.2) is 0 Å². The molecule has 0 amide bonds. The number of carbonyl (C=O) groups is 1. The Balaban J connectivity index is 1.99. The number of oxime groups is 1. The molecular formula is C26H28N4O5. The van der Waals surface area contributed by atoms with Gasteiger partial charge >= 0.3 is 0 Å². The summed E-state index contributed by atoms with van der Waals surface area (Å²) in [5, 5.41) is 33.7. The molecule has 0 fully saturated rings. The molecule has 9 nitrogen and oxygen atoms in total. The average molecular weight is 477 g/mol. The Hall–Kier alpha value is -4.24. The first-order valence-electron chi connectivity index (χ1n) is 10.9. The lowest BCUT2D eigenvalue weighted by molar-refractivity contribution is -0.113. The molecule has 9 heteroatoms. The van der Waals surface area contributed by atoms with Crippen LogP contribution in [-0.4, -0.2) is 52.8 Å². The number of benzene rings is 2. The van der Waals surface area contributed by atoms with E-state index >= 15 is 0 Å². The van der Waals surface area contributed by atoms with E-state index in [2.05, 4.69) is 15.5 Å². The lowest BCUT2D eigenvalue weighted by Crippen LogP contribution is -2.33. The topological polar surface area (TPSA) is 137 Å². The molecule has 0 radical (unpaired) electrons. The van der Waals surface area contributed by atoms with Gasteiger partial charge in [0.2, 0.25) is 5.78 Å². The molecule has 3 rings (SSSR count). The number of aromatic nitrogens is 1. The van der Waals surface area contributed by atoms with Crippen molar-refractivity contribution in [2.75, 3.05) is 25.6 Å². The van der Waals surface area contributed by atoms with Gasteiger partial charge in [-0.2, -0.15) is 0 Å². The summed E-state index contributed by atoms with van der Waals surface area (Å²) in [5.41, 5.74) is 2.61. The van der Waals surface area contributed by atoms with E-state index in [1.54, 1.807) is 48.7 Å². The summed E-state index contributed by atoms with van der Waals surface area (Å²) in [5.74, 6) is 0.287. The number of pyridine rings is 1. The highest BCUT2D eigenvalue weighted by molar-refractivity contribution is 6.70. The van der Waals surface area contributed by atoms with Gasteiger partial charge in [0.05, 0.1) is 13.7 Å². The first-order chi connectivity index (χ1) is 16.9. The van der Waals surface area contributed by atoms with E-state index < -0.39 is 17.5 Å². The van der Waals surface area contributed by atoms with Crippen LogP contribution in [0.1, 0.15) is 28.4 Å². The predicted octanol–water partition coefficient (Wildman–Crippen LogP) is 3.70. The molecule has 182 valence electrons. The molecule has 0 aliphatic carbocycles. The minimum Gasteiger partial charge on any atom is -0.497 e. The number of hydrogen-bond acceptors (Lipinski definition) is 9. The SMILES string of the molecule is COc1cc(NC(C(=O)C(=N)/C(=N\O)c2ccc(C)cc2)c2ccc(C)nc2)cc(OCCO)c1. The van der Waals surface area contributed by atoms with Gasteiger partial charge in [0, 0.05) is 46.9 Å². The Morgan fingerprint density at radius 1 is 1.11 bits per heavy atom. The average Bonchev–Trinajstić information content (AvgIpc) is 2.87. The van der Waals surface area contributed by atoms with Gasteiger partial charge in [0.15, 0.2) is 0 Å². The standard InChI is InChI=1S/C26H28N4O5/c1-16-4-7-18(8-5-16)24(30-33)23(27)26(32)25(19-9-6-17(2)28-15-19)29-20-12-21(34-3)14-22(13-20)35-11-10-31/h4-9,12-15,25,27,29,31,33H,10-11H2,1-3H3/b27-23?,30-24-. The van der Waals surface area contributed by atoms with Gasteiger partial charge in [-0.05, 0) is 19.9 Å². The number of methoxy groups -OCH3 is 1. The van der Waals surface area contributed by atoms with Crippen LogP contribution >= 0.6 is 0 Å². The fourth-order valence-electron chi connectivity index (χ4n) is 3.36. The van der Waals surface area contributed by atoms with Gasteiger partial charge < -0.3 is 25.1 Å². The van der Waals surface area contributed by atoms with E-state index in [-0.39, 0.29) is 18.9 Å². The Morgan fingerprint density at radius 3 is 2.43 bits per heavy atom. The lowest BCUT2D eigenvalue weighted by atomic mass is 9.94. The number of nitrogens with one attached hydrogen (secondary N) is 2. The number of rotatable bonds is 11. The quantitative estimate of drug-likeness (QED) is 0.188. The zero-order valence-corrected chi connectivity index (χ0v) is 19.8. The number of aryl methyl sites for hydroxylation is 2. The van der Waals surface area contributed by atoms with Gasteiger partial charge in [-0.1, -0.05) is 41.1 Å². The van der Waals surface area contributed by atoms with E-state index in [1.165, 1.54) is 7.11 Å². The van der Waals surface area contributed by atoms with Crippen molar-refractivity contribution >= 4 is 22.9 Å². The molecule has 3 aromatic rings. The Bertz CT molecular complexity index is 1210. The largest absolute Gasteiger partial charge is 0.497 e. The van der Waals surface area contributed by atoms with Crippen molar-refractivity contribution in [2.45, 2.75) is 19.9 Å². The van der Waals surface area contributed by atoms with Gasteiger partial charge in [-0.15, -0.1) is 0 Å². The van der Waals surface area contributed by atoms with Crippen LogP contribution in [0, 0.1) is 19.3 Å². The smallest absolute Gasteiger partial charge is 0.209 e. The summed E-state index contributed by atoms with van der Waals surface area (Å²) < 4.78 is 10.8. The van der Waals surface area contributed by atoms with Crippen LogP contribution in [0.5, 0.6) is 11.5 Å². The summed E-state index contributed by atoms with van der Waals surface area (Å²) in [6, 6.07) is 14.5. The number of ketones is 1. The predicted molar refractivity (Wildman–Crippen MR) is 133 cm³/mol. The molecule has 4 N–H and O–H groups in total. The molecule has 2 aromatic carbocycles. The van der Waals surface area contributed by atoms with Crippen molar-refractivity contribution in [1.29, 1.82) is 5.41 Å². The van der Waals surface area contributed by atoms with E-state index in [0.29, 0.717) is 28.3 Å². The molecule has 1 unspecified atom stereocenters. The van der Waals surface area contributed by atoms with E-state index in [0.717, 1.165) is 11.3 Å². The maximum Gasteiger partial charge on any atom is 0.209 e. The maximum atomic E-state index is 13.6. The van der Waals surface area contributed by atoms with Crippen LogP contribution in [0.3, 0.4) is 0 Å². The van der Waals surface area contributed by atoms with Crippen LogP contribution in [0.15, 0.2) is 65.9 Å². The highest BCUT2D eigenvalue weighted by atomic mass is 16.5. The number of Topliss-reactive ketones (excluding diaryl/α,β-unsaturated/α-hetero) is 1. The highest BCUT2D eigenvalue weighted by Crippen LogP contribution is 2.29. The molecule has 0 saturated carbocycles. The first-order valence-corrected chi connectivity index (χ1v) is 10.9. The van der Waals surface area contributed by atoms with Crippen molar-refractivity contribution in [2.24, 2.45) is 5.16 Å². The molecule has 0 spiro atoms. The van der Waals surface area contributed by atoms with Gasteiger partial charge in [0.1, 0.15) is 35.6 Å². The monoisotopic (exact) mass is 476 g/mol. The number of aliphatic hydroxyl groups is 1. The molecular weight excluding hydrogens is 448 g/mol. The molecule has 35 heavy (non-hydrogen) atoms. The molecule has 0 saturated heterocycles. The number of nitrogens with zero attached hydrogens (tertiary/aromatic N) is 2. The van der Waals surface area contributed by atoms with E-state index in [4.69, 9.17) is 20.0 Å². The summed E-state index contributed by atoms with van der Waals surface area (Å²) in [6.45, 7) is 3.67. The molecule has 1 atom stereocenters. The Morgan fingerprint density at radius 2 is 1.83 bits per heavy atom. The van der Waals surface area contributed by atoms with Crippen LogP contribution in [-0.2, 0) is 4.79 Å². The zero-order chi connectivity index (χ0) is 25.4. The first kappa shape index (κ1) is 25.4.